The fraction of sp³-hybridized carbons (Fsp3) is 0.933. The summed E-state index contributed by atoms with van der Waals surface area (Å²) in [6.07, 6.45) is 7.29. The highest BCUT2D eigenvalue weighted by Gasteiger charge is 2.34. The van der Waals surface area contributed by atoms with Crippen LogP contribution in [-0.4, -0.2) is 54.9 Å². The molecule has 1 heterocycles. The lowest BCUT2D eigenvalue weighted by Crippen LogP contribution is -2.52. The minimum absolute atomic E-state index is 0.0156. The number of hydrogen-bond acceptors (Lipinski definition) is 3. The van der Waals surface area contributed by atoms with Crippen molar-refractivity contribution in [2.75, 3.05) is 32.7 Å². The van der Waals surface area contributed by atoms with Crippen LogP contribution in [0.25, 0.3) is 0 Å². The van der Waals surface area contributed by atoms with Crippen molar-refractivity contribution in [3.8, 4) is 0 Å². The van der Waals surface area contributed by atoms with Crippen molar-refractivity contribution >= 4 is 6.29 Å². The van der Waals surface area contributed by atoms with Crippen LogP contribution in [0.5, 0.6) is 0 Å². The van der Waals surface area contributed by atoms with Gasteiger partial charge in [-0.1, -0.05) is 19.3 Å². The molecule has 0 bridgehead atoms. The van der Waals surface area contributed by atoms with Gasteiger partial charge in [0, 0.05) is 44.2 Å². The minimum Gasteiger partial charge on any atom is -0.303 e. The summed E-state index contributed by atoms with van der Waals surface area (Å²) in [6, 6.07) is 0.655. The van der Waals surface area contributed by atoms with Gasteiger partial charge in [-0.3, -0.25) is 9.80 Å². The second kappa shape index (κ2) is 6.16. The number of carbonyl (C=O) groups is 1. The van der Waals surface area contributed by atoms with Crippen LogP contribution in [-0.2, 0) is 4.79 Å². The topological polar surface area (TPSA) is 23.6 Å². The van der Waals surface area contributed by atoms with E-state index in [1.807, 2.05) is 0 Å². The minimum atomic E-state index is -0.0156. The summed E-state index contributed by atoms with van der Waals surface area (Å²) in [5.41, 5.74) is -0.0156. The molecule has 0 aromatic rings. The van der Waals surface area contributed by atoms with Gasteiger partial charge >= 0.3 is 0 Å². The number of nitrogens with zero attached hydrogens (tertiary/aromatic N) is 2. The first kappa shape index (κ1) is 14.0. The van der Waals surface area contributed by atoms with E-state index in [2.05, 4.69) is 23.6 Å². The largest absolute Gasteiger partial charge is 0.303 e. The molecule has 3 nitrogen and oxygen atoms in total. The van der Waals surface area contributed by atoms with Gasteiger partial charge in [0.25, 0.3) is 0 Å². The Kier molecular flexibility index (Phi) is 4.79. The Balaban J connectivity index is 1.84. The molecule has 0 atom stereocenters. The van der Waals surface area contributed by atoms with Gasteiger partial charge in [0.15, 0.2) is 0 Å². The average Bonchev–Trinajstić information content (AvgIpc) is 2.40. The Bertz CT molecular complexity index is 264. The fourth-order valence-electron chi connectivity index (χ4n) is 3.45. The first-order valence-electron chi connectivity index (χ1n) is 7.58. The van der Waals surface area contributed by atoms with Crippen LogP contribution in [0, 0.1) is 5.41 Å². The molecule has 104 valence electrons. The molecule has 0 spiro atoms. The second-order valence-electron chi connectivity index (χ2n) is 6.45. The summed E-state index contributed by atoms with van der Waals surface area (Å²) >= 11 is 0. The highest BCUT2D eigenvalue weighted by molar-refractivity contribution is 5.60. The van der Waals surface area contributed by atoms with Crippen molar-refractivity contribution < 1.29 is 4.79 Å². The van der Waals surface area contributed by atoms with E-state index in [1.54, 1.807) is 0 Å². The van der Waals surface area contributed by atoms with Crippen LogP contribution < -0.4 is 0 Å². The maximum absolute atomic E-state index is 11.5. The highest BCUT2D eigenvalue weighted by Crippen LogP contribution is 2.35. The van der Waals surface area contributed by atoms with Crippen LogP contribution in [0.3, 0.4) is 0 Å². The lowest BCUT2D eigenvalue weighted by atomic mass is 9.75. The van der Waals surface area contributed by atoms with Crippen LogP contribution in [0.1, 0.15) is 46.0 Å². The zero-order valence-corrected chi connectivity index (χ0v) is 12.0. The molecule has 1 aliphatic heterocycles. The summed E-state index contributed by atoms with van der Waals surface area (Å²) in [6.45, 7) is 10.1. The maximum atomic E-state index is 11.5. The number of rotatable bonds is 4. The summed E-state index contributed by atoms with van der Waals surface area (Å²) < 4.78 is 0. The standard InChI is InChI=1S/C15H28N2O/c1-14(2)17-10-8-16(9-11-17)12-15(13-18)6-4-3-5-7-15/h13-14H,3-12H2,1-2H3. The Morgan fingerprint density at radius 1 is 1.06 bits per heavy atom. The van der Waals surface area contributed by atoms with Gasteiger partial charge in [-0.05, 0) is 26.7 Å². The first-order valence-corrected chi connectivity index (χ1v) is 7.58. The predicted molar refractivity (Wildman–Crippen MR) is 74.7 cm³/mol. The van der Waals surface area contributed by atoms with Crippen LogP contribution >= 0.6 is 0 Å². The summed E-state index contributed by atoms with van der Waals surface area (Å²) in [4.78, 5) is 16.5. The van der Waals surface area contributed by atoms with Gasteiger partial charge in [0.2, 0.25) is 0 Å². The van der Waals surface area contributed by atoms with E-state index >= 15 is 0 Å². The Morgan fingerprint density at radius 3 is 2.17 bits per heavy atom. The third kappa shape index (κ3) is 3.33. The lowest BCUT2D eigenvalue weighted by molar-refractivity contribution is -0.119. The molecule has 0 aromatic heterocycles. The third-order valence-corrected chi connectivity index (χ3v) is 4.78. The van der Waals surface area contributed by atoms with E-state index in [9.17, 15) is 4.79 Å². The van der Waals surface area contributed by atoms with Crippen molar-refractivity contribution in [1.82, 2.24) is 9.80 Å². The maximum Gasteiger partial charge on any atom is 0.127 e. The molecule has 18 heavy (non-hydrogen) atoms. The number of carbonyl (C=O) groups excluding carboxylic acids is 1. The van der Waals surface area contributed by atoms with Gasteiger partial charge in [-0.25, -0.2) is 0 Å². The predicted octanol–water partition coefficient (Wildman–Crippen LogP) is 2.16. The molecule has 2 aliphatic rings. The van der Waals surface area contributed by atoms with Crippen molar-refractivity contribution in [3.05, 3.63) is 0 Å². The molecule has 2 fully saturated rings. The molecule has 0 unspecified atom stereocenters. The molecular weight excluding hydrogens is 224 g/mol. The van der Waals surface area contributed by atoms with E-state index in [0.29, 0.717) is 6.04 Å². The molecule has 0 N–H and O–H groups in total. The zero-order valence-electron chi connectivity index (χ0n) is 12.0. The molecule has 1 saturated heterocycles. The first-order chi connectivity index (χ1) is 8.65. The molecule has 1 saturated carbocycles. The second-order valence-corrected chi connectivity index (χ2v) is 6.45. The van der Waals surface area contributed by atoms with Gasteiger partial charge in [-0.2, -0.15) is 0 Å². The van der Waals surface area contributed by atoms with Crippen LogP contribution in [0.2, 0.25) is 0 Å². The summed E-state index contributed by atoms with van der Waals surface area (Å²) in [5.74, 6) is 0. The number of hydrogen-bond donors (Lipinski definition) is 0. The van der Waals surface area contributed by atoms with E-state index in [-0.39, 0.29) is 5.41 Å². The summed E-state index contributed by atoms with van der Waals surface area (Å²) in [7, 11) is 0. The van der Waals surface area contributed by atoms with E-state index in [0.717, 1.165) is 45.6 Å². The molecular formula is C15H28N2O. The van der Waals surface area contributed by atoms with Gasteiger partial charge in [0.1, 0.15) is 6.29 Å². The third-order valence-electron chi connectivity index (χ3n) is 4.78. The van der Waals surface area contributed by atoms with Crippen molar-refractivity contribution in [3.63, 3.8) is 0 Å². The van der Waals surface area contributed by atoms with E-state index in [4.69, 9.17) is 0 Å². The van der Waals surface area contributed by atoms with E-state index < -0.39 is 0 Å². The smallest absolute Gasteiger partial charge is 0.127 e. The zero-order chi connectivity index (χ0) is 13.0. The van der Waals surface area contributed by atoms with E-state index in [1.165, 1.54) is 25.5 Å². The highest BCUT2D eigenvalue weighted by atomic mass is 16.1. The van der Waals surface area contributed by atoms with Crippen LogP contribution in [0.15, 0.2) is 0 Å². The van der Waals surface area contributed by atoms with Crippen molar-refractivity contribution in [2.45, 2.75) is 52.0 Å². The summed E-state index contributed by atoms with van der Waals surface area (Å²) in [5, 5.41) is 0. The van der Waals surface area contributed by atoms with Gasteiger partial charge in [0.05, 0.1) is 0 Å². The molecule has 1 aliphatic carbocycles. The Morgan fingerprint density at radius 2 is 1.67 bits per heavy atom. The SMILES string of the molecule is CC(C)N1CCN(CC2(C=O)CCCCC2)CC1. The fourth-order valence-corrected chi connectivity index (χ4v) is 3.45. The Labute approximate surface area is 112 Å². The molecule has 3 heteroatoms. The van der Waals surface area contributed by atoms with Gasteiger partial charge in [-0.15, -0.1) is 0 Å². The molecule has 0 radical (unpaired) electrons. The monoisotopic (exact) mass is 252 g/mol. The van der Waals surface area contributed by atoms with Crippen LogP contribution in [0.4, 0.5) is 0 Å². The lowest BCUT2D eigenvalue weighted by Gasteiger charge is -2.42. The van der Waals surface area contributed by atoms with Crippen molar-refractivity contribution in [2.24, 2.45) is 5.41 Å². The Hall–Kier alpha value is -0.410. The van der Waals surface area contributed by atoms with Crippen molar-refractivity contribution in [1.29, 1.82) is 0 Å². The molecule has 0 amide bonds. The molecule has 0 aromatic carbocycles. The number of aldehydes is 1. The number of piperazine rings is 1. The average molecular weight is 252 g/mol. The normalized spacial score (nSPS) is 26.4. The quantitative estimate of drug-likeness (QED) is 0.716. The molecule has 2 rings (SSSR count). The van der Waals surface area contributed by atoms with Gasteiger partial charge < -0.3 is 4.79 Å².